The third-order valence-electron chi connectivity index (χ3n) is 5.81. The maximum Gasteiger partial charge on any atom is 0.159 e. The lowest BCUT2D eigenvalue weighted by Crippen LogP contribution is -2.45. The van der Waals surface area contributed by atoms with E-state index < -0.39 is 0 Å². The number of piperazine rings is 1. The van der Waals surface area contributed by atoms with E-state index in [1.165, 1.54) is 43.4 Å². The van der Waals surface area contributed by atoms with Crippen LogP contribution < -0.4 is 4.90 Å². The quantitative estimate of drug-likeness (QED) is 0.326. The summed E-state index contributed by atoms with van der Waals surface area (Å²) in [6.45, 7) is 11.0. The van der Waals surface area contributed by atoms with Gasteiger partial charge < -0.3 is 9.80 Å². The van der Waals surface area contributed by atoms with Gasteiger partial charge in [0.15, 0.2) is 5.78 Å². The number of carbonyl (C=O) groups excluding carboxylic acids is 1. The molecule has 2 aromatic rings. The first-order valence-electron chi connectivity index (χ1n) is 10.7. The van der Waals surface area contributed by atoms with E-state index in [0.717, 1.165) is 30.1 Å². The van der Waals surface area contributed by atoms with Crippen molar-refractivity contribution in [3.8, 4) is 0 Å². The second kappa shape index (κ2) is 10.2. The molecule has 0 aromatic heterocycles. The standard InChI is InChI=1S/C25H31FN2OS/c1-4-5-6-7-20-8-10-22(30)17-23(20)18(2)27-12-14-28(15-13-27)25-11-9-21(19(3)29)16-24(25)26/h8-11,16-17,30H,2,4-7,12-15H2,1,3H3. The third-order valence-corrected chi connectivity index (χ3v) is 6.09. The topological polar surface area (TPSA) is 23.6 Å². The number of carbonyl (C=O) groups is 1. The first-order chi connectivity index (χ1) is 14.4. The Labute approximate surface area is 185 Å². The van der Waals surface area contributed by atoms with Crippen molar-refractivity contribution in [3.05, 3.63) is 65.5 Å². The minimum atomic E-state index is -0.337. The van der Waals surface area contributed by atoms with Crippen LogP contribution in [0.15, 0.2) is 47.9 Å². The van der Waals surface area contributed by atoms with Crippen LogP contribution in [0.1, 0.15) is 54.6 Å². The van der Waals surface area contributed by atoms with E-state index in [1.54, 1.807) is 12.1 Å². The van der Waals surface area contributed by atoms with Crippen LogP contribution in [0.3, 0.4) is 0 Å². The molecule has 5 heteroatoms. The molecule has 0 amide bonds. The van der Waals surface area contributed by atoms with E-state index in [0.29, 0.717) is 24.3 Å². The fraction of sp³-hybridized carbons (Fsp3) is 0.400. The van der Waals surface area contributed by atoms with Crippen LogP contribution in [0, 0.1) is 5.82 Å². The molecule has 1 heterocycles. The summed E-state index contributed by atoms with van der Waals surface area (Å²) < 4.78 is 14.5. The Balaban J connectivity index is 1.69. The highest BCUT2D eigenvalue weighted by atomic mass is 32.1. The van der Waals surface area contributed by atoms with Crippen molar-refractivity contribution in [1.29, 1.82) is 0 Å². The monoisotopic (exact) mass is 426 g/mol. The number of aryl methyl sites for hydroxylation is 1. The van der Waals surface area contributed by atoms with Gasteiger partial charge in [-0.1, -0.05) is 32.4 Å². The van der Waals surface area contributed by atoms with Crippen molar-refractivity contribution in [1.82, 2.24) is 4.90 Å². The van der Waals surface area contributed by atoms with E-state index in [4.69, 9.17) is 0 Å². The zero-order chi connectivity index (χ0) is 21.7. The molecule has 2 aromatic carbocycles. The fourth-order valence-corrected chi connectivity index (χ4v) is 4.19. The Morgan fingerprint density at radius 1 is 1.10 bits per heavy atom. The van der Waals surface area contributed by atoms with E-state index in [9.17, 15) is 9.18 Å². The van der Waals surface area contributed by atoms with Crippen molar-refractivity contribution >= 4 is 29.8 Å². The average Bonchev–Trinajstić information content (AvgIpc) is 2.74. The van der Waals surface area contributed by atoms with E-state index >= 15 is 0 Å². The number of hydrogen-bond donors (Lipinski definition) is 1. The second-order valence-electron chi connectivity index (χ2n) is 7.94. The number of hydrogen-bond acceptors (Lipinski definition) is 4. The number of unbranched alkanes of at least 4 members (excludes halogenated alkanes) is 2. The van der Waals surface area contributed by atoms with Crippen LogP contribution in [0.4, 0.5) is 10.1 Å². The number of Topliss-reactive ketones (excluding diaryl/α,β-unsaturated/α-hetero) is 1. The molecule has 0 aliphatic carbocycles. The molecule has 0 spiro atoms. The van der Waals surface area contributed by atoms with Crippen LogP contribution in [-0.2, 0) is 6.42 Å². The smallest absolute Gasteiger partial charge is 0.159 e. The molecule has 0 N–H and O–H groups in total. The van der Waals surface area contributed by atoms with Crippen LogP contribution in [0.25, 0.3) is 5.70 Å². The summed E-state index contributed by atoms with van der Waals surface area (Å²) in [4.78, 5) is 16.7. The minimum absolute atomic E-state index is 0.122. The van der Waals surface area contributed by atoms with Gasteiger partial charge in [-0.25, -0.2) is 4.39 Å². The van der Waals surface area contributed by atoms with Gasteiger partial charge in [0.1, 0.15) is 5.82 Å². The highest BCUT2D eigenvalue weighted by Crippen LogP contribution is 2.28. The summed E-state index contributed by atoms with van der Waals surface area (Å²) in [7, 11) is 0. The highest BCUT2D eigenvalue weighted by molar-refractivity contribution is 7.80. The molecule has 3 nitrogen and oxygen atoms in total. The molecule has 1 saturated heterocycles. The largest absolute Gasteiger partial charge is 0.368 e. The summed E-state index contributed by atoms with van der Waals surface area (Å²) in [5.41, 5.74) is 4.47. The highest BCUT2D eigenvalue weighted by Gasteiger charge is 2.22. The Kier molecular flexibility index (Phi) is 7.59. The third kappa shape index (κ3) is 5.25. The summed E-state index contributed by atoms with van der Waals surface area (Å²) in [6, 6.07) is 11.1. The van der Waals surface area contributed by atoms with Gasteiger partial charge in [0, 0.05) is 47.9 Å². The van der Waals surface area contributed by atoms with Gasteiger partial charge in [0.05, 0.1) is 5.69 Å². The molecule has 30 heavy (non-hydrogen) atoms. The number of benzene rings is 2. The van der Waals surface area contributed by atoms with Gasteiger partial charge in [-0.05, 0) is 55.7 Å². The maximum absolute atomic E-state index is 14.5. The predicted octanol–water partition coefficient (Wildman–Crippen LogP) is 5.84. The Morgan fingerprint density at radius 2 is 1.83 bits per heavy atom. The molecule has 1 fully saturated rings. The maximum atomic E-state index is 14.5. The van der Waals surface area contributed by atoms with Gasteiger partial charge in [0.25, 0.3) is 0 Å². The minimum Gasteiger partial charge on any atom is -0.368 e. The lowest BCUT2D eigenvalue weighted by atomic mass is 9.98. The van der Waals surface area contributed by atoms with Crippen LogP contribution in [0.5, 0.6) is 0 Å². The average molecular weight is 427 g/mol. The number of ketones is 1. The van der Waals surface area contributed by atoms with Crippen molar-refractivity contribution in [2.45, 2.75) is 44.4 Å². The molecular formula is C25H31FN2OS. The predicted molar refractivity (Wildman–Crippen MR) is 126 cm³/mol. The lowest BCUT2D eigenvalue weighted by molar-refractivity contribution is 0.101. The van der Waals surface area contributed by atoms with Gasteiger partial charge in [-0.2, -0.15) is 0 Å². The molecule has 3 rings (SSSR count). The van der Waals surface area contributed by atoms with Gasteiger partial charge in [-0.3, -0.25) is 4.79 Å². The van der Waals surface area contributed by atoms with Crippen molar-refractivity contribution in [2.75, 3.05) is 31.1 Å². The van der Waals surface area contributed by atoms with Crippen molar-refractivity contribution in [3.63, 3.8) is 0 Å². The zero-order valence-corrected chi connectivity index (χ0v) is 18.9. The molecule has 0 radical (unpaired) electrons. The van der Waals surface area contributed by atoms with E-state index in [1.807, 2.05) is 11.0 Å². The molecule has 0 saturated carbocycles. The van der Waals surface area contributed by atoms with Crippen molar-refractivity contribution in [2.24, 2.45) is 0 Å². The SMILES string of the molecule is C=C(c1cc(S)ccc1CCCCC)N1CCN(c2ccc(C(C)=O)cc2F)CC1. The molecule has 0 atom stereocenters. The first kappa shape index (κ1) is 22.4. The summed E-state index contributed by atoms with van der Waals surface area (Å²) >= 11 is 4.53. The normalized spacial score (nSPS) is 14.1. The van der Waals surface area contributed by atoms with E-state index in [2.05, 4.69) is 43.2 Å². The second-order valence-corrected chi connectivity index (χ2v) is 8.46. The molecular weight excluding hydrogens is 395 g/mol. The summed E-state index contributed by atoms with van der Waals surface area (Å²) in [5, 5.41) is 0. The number of thiol groups is 1. The van der Waals surface area contributed by atoms with Crippen LogP contribution in [0.2, 0.25) is 0 Å². The number of anilines is 1. The molecule has 0 bridgehead atoms. The van der Waals surface area contributed by atoms with Gasteiger partial charge in [0.2, 0.25) is 0 Å². The van der Waals surface area contributed by atoms with Crippen LogP contribution in [-0.4, -0.2) is 36.9 Å². The van der Waals surface area contributed by atoms with Gasteiger partial charge >= 0.3 is 0 Å². The molecule has 160 valence electrons. The number of halogens is 1. The lowest BCUT2D eigenvalue weighted by Gasteiger charge is -2.38. The van der Waals surface area contributed by atoms with Crippen molar-refractivity contribution < 1.29 is 9.18 Å². The molecule has 1 aliphatic rings. The molecule has 1 aliphatic heterocycles. The summed E-state index contributed by atoms with van der Waals surface area (Å²) in [5.74, 6) is -0.460. The van der Waals surface area contributed by atoms with E-state index in [-0.39, 0.29) is 11.6 Å². The number of nitrogens with zero attached hydrogens (tertiary/aromatic N) is 2. The fourth-order valence-electron chi connectivity index (χ4n) is 3.99. The zero-order valence-electron chi connectivity index (χ0n) is 18.0. The molecule has 0 unspecified atom stereocenters. The Morgan fingerprint density at radius 3 is 2.47 bits per heavy atom. The first-order valence-corrected chi connectivity index (χ1v) is 11.2. The Hall–Kier alpha value is -2.27. The van der Waals surface area contributed by atoms with Gasteiger partial charge in [-0.15, -0.1) is 12.6 Å². The Bertz CT molecular complexity index is 919. The number of rotatable bonds is 8. The summed E-state index contributed by atoms with van der Waals surface area (Å²) in [6.07, 6.45) is 4.64. The van der Waals surface area contributed by atoms with Crippen LogP contribution >= 0.6 is 12.6 Å².